The standard InChI is InChI=1S/C22H21Cl2N5O4/c23-15-4-1-5-16(24)17(15)19-29-21(33-22(25)31)20(32-19)28-13-8-6-12(7-9-13)18(30)27-14-3-2-10-26-11-14/h1,4-9,14,26,28H,2-3,10-11H2,(H2,25,31)(H,27,30)/t14-/m0/s1. The number of nitrogens with zero attached hydrogens (tertiary/aromatic N) is 1. The number of anilines is 2. The molecule has 0 bridgehead atoms. The topological polar surface area (TPSA) is 132 Å². The third kappa shape index (κ3) is 5.57. The number of nitrogens with one attached hydrogen (secondary N) is 3. The van der Waals surface area contributed by atoms with E-state index >= 15 is 0 Å². The van der Waals surface area contributed by atoms with Crippen LogP contribution in [0.1, 0.15) is 23.2 Å². The van der Waals surface area contributed by atoms with Crippen molar-refractivity contribution in [3.8, 4) is 17.3 Å². The average molecular weight is 490 g/mol. The van der Waals surface area contributed by atoms with E-state index in [1.165, 1.54) is 0 Å². The number of nitrogens with two attached hydrogens (primary N) is 1. The summed E-state index contributed by atoms with van der Waals surface area (Å²) in [6.07, 6.45) is 0.916. The molecule has 2 amide bonds. The first-order valence-corrected chi connectivity index (χ1v) is 11.0. The molecular formula is C22H21Cl2N5O4. The molecule has 1 atom stereocenters. The third-order valence-corrected chi connectivity index (χ3v) is 5.64. The van der Waals surface area contributed by atoms with Crippen molar-refractivity contribution in [2.24, 2.45) is 5.73 Å². The number of piperidine rings is 1. The highest BCUT2D eigenvalue weighted by Crippen LogP contribution is 2.39. The molecule has 9 nitrogen and oxygen atoms in total. The summed E-state index contributed by atoms with van der Waals surface area (Å²) in [7, 11) is 0. The number of halogens is 2. The van der Waals surface area contributed by atoms with Crippen molar-refractivity contribution < 1.29 is 18.7 Å². The van der Waals surface area contributed by atoms with Gasteiger partial charge in [-0.25, -0.2) is 4.79 Å². The highest BCUT2D eigenvalue weighted by molar-refractivity contribution is 6.38. The van der Waals surface area contributed by atoms with Gasteiger partial charge >= 0.3 is 6.09 Å². The van der Waals surface area contributed by atoms with Crippen LogP contribution in [0.2, 0.25) is 10.0 Å². The molecule has 2 heterocycles. The Hall–Kier alpha value is -3.27. The summed E-state index contributed by atoms with van der Waals surface area (Å²) in [6, 6.07) is 11.8. The maximum Gasteiger partial charge on any atom is 0.411 e. The molecule has 1 aliphatic heterocycles. The fraction of sp³-hybridized carbons (Fsp3) is 0.227. The fourth-order valence-corrected chi connectivity index (χ4v) is 4.00. The fourth-order valence-electron chi connectivity index (χ4n) is 3.44. The Balaban J connectivity index is 1.53. The van der Waals surface area contributed by atoms with E-state index < -0.39 is 6.09 Å². The van der Waals surface area contributed by atoms with E-state index in [-0.39, 0.29) is 29.6 Å². The third-order valence-electron chi connectivity index (χ3n) is 5.01. The largest absolute Gasteiger partial charge is 0.416 e. The summed E-state index contributed by atoms with van der Waals surface area (Å²) in [6.45, 7) is 1.73. The molecule has 33 heavy (non-hydrogen) atoms. The predicted molar refractivity (Wildman–Crippen MR) is 125 cm³/mol. The molecule has 2 aromatic carbocycles. The molecule has 0 aliphatic carbocycles. The van der Waals surface area contributed by atoms with Gasteiger partial charge in [0.15, 0.2) is 0 Å². The van der Waals surface area contributed by atoms with Gasteiger partial charge in [0, 0.05) is 23.8 Å². The number of amides is 2. The first-order valence-electron chi connectivity index (χ1n) is 10.2. The zero-order valence-corrected chi connectivity index (χ0v) is 18.9. The van der Waals surface area contributed by atoms with E-state index in [1.54, 1.807) is 42.5 Å². The predicted octanol–water partition coefficient (Wildman–Crippen LogP) is 4.33. The molecule has 1 fully saturated rings. The smallest absolute Gasteiger partial charge is 0.411 e. The molecule has 3 aromatic rings. The quantitative estimate of drug-likeness (QED) is 0.405. The van der Waals surface area contributed by atoms with Gasteiger partial charge in [-0.3, -0.25) is 4.79 Å². The van der Waals surface area contributed by atoms with Crippen molar-refractivity contribution in [1.29, 1.82) is 0 Å². The molecule has 0 saturated carbocycles. The van der Waals surface area contributed by atoms with Crippen LogP contribution in [-0.2, 0) is 0 Å². The molecule has 0 unspecified atom stereocenters. The maximum absolute atomic E-state index is 12.5. The van der Waals surface area contributed by atoms with Crippen LogP contribution in [0.25, 0.3) is 11.5 Å². The Morgan fingerprint density at radius 1 is 1.15 bits per heavy atom. The number of benzene rings is 2. The lowest BCUT2D eigenvalue weighted by molar-refractivity contribution is 0.0930. The van der Waals surface area contributed by atoms with Gasteiger partial charge in [-0.05, 0) is 55.8 Å². The maximum atomic E-state index is 12.5. The van der Waals surface area contributed by atoms with Crippen LogP contribution in [0, 0.1) is 0 Å². The normalized spacial score (nSPS) is 15.6. The van der Waals surface area contributed by atoms with Gasteiger partial charge in [-0.1, -0.05) is 29.3 Å². The second kappa shape index (κ2) is 10.1. The lowest BCUT2D eigenvalue weighted by Gasteiger charge is -2.23. The Labute approximate surface area is 199 Å². The molecule has 11 heteroatoms. The Morgan fingerprint density at radius 2 is 1.88 bits per heavy atom. The van der Waals surface area contributed by atoms with Crippen molar-refractivity contribution in [1.82, 2.24) is 15.6 Å². The summed E-state index contributed by atoms with van der Waals surface area (Å²) >= 11 is 12.5. The second-order valence-corrected chi connectivity index (χ2v) is 8.20. The number of primary amides is 1. The number of hydrogen-bond donors (Lipinski definition) is 4. The van der Waals surface area contributed by atoms with Crippen molar-refractivity contribution in [2.45, 2.75) is 18.9 Å². The van der Waals surface area contributed by atoms with Crippen molar-refractivity contribution in [3.63, 3.8) is 0 Å². The van der Waals surface area contributed by atoms with Crippen LogP contribution >= 0.6 is 23.2 Å². The van der Waals surface area contributed by atoms with Crippen LogP contribution < -0.4 is 26.4 Å². The molecule has 1 saturated heterocycles. The number of aromatic nitrogens is 1. The van der Waals surface area contributed by atoms with Gasteiger partial charge < -0.3 is 30.8 Å². The molecule has 4 rings (SSSR count). The van der Waals surface area contributed by atoms with E-state index in [1.807, 2.05) is 0 Å². The van der Waals surface area contributed by atoms with Crippen LogP contribution in [0.5, 0.6) is 5.88 Å². The first kappa shape index (κ1) is 22.9. The lowest BCUT2D eigenvalue weighted by atomic mass is 10.1. The number of hydrogen-bond acceptors (Lipinski definition) is 7. The monoisotopic (exact) mass is 489 g/mol. The summed E-state index contributed by atoms with van der Waals surface area (Å²) in [5.74, 6) is -0.268. The molecule has 0 radical (unpaired) electrons. The minimum atomic E-state index is -1.06. The van der Waals surface area contributed by atoms with Crippen molar-refractivity contribution in [3.05, 3.63) is 58.1 Å². The second-order valence-electron chi connectivity index (χ2n) is 7.39. The van der Waals surface area contributed by atoms with Gasteiger partial charge in [0.2, 0.25) is 5.89 Å². The first-order chi connectivity index (χ1) is 15.9. The zero-order valence-electron chi connectivity index (χ0n) is 17.4. The van der Waals surface area contributed by atoms with Crippen LogP contribution in [0.4, 0.5) is 16.4 Å². The van der Waals surface area contributed by atoms with Gasteiger partial charge in [0.25, 0.3) is 17.7 Å². The van der Waals surface area contributed by atoms with E-state index in [9.17, 15) is 9.59 Å². The van der Waals surface area contributed by atoms with Gasteiger partial charge in [0.1, 0.15) is 0 Å². The molecule has 0 spiro atoms. The Kier molecular flexibility index (Phi) is 7.02. The van der Waals surface area contributed by atoms with Gasteiger partial charge in [0.05, 0.1) is 15.6 Å². The molecule has 5 N–H and O–H groups in total. The van der Waals surface area contributed by atoms with E-state index in [0.717, 1.165) is 25.9 Å². The molecule has 172 valence electrons. The summed E-state index contributed by atoms with van der Waals surface area (Å²) < 4.78 is 10.7. The van der Waals surface area contributed by atoms with Crippen molar-refractivity contribution >= 4 is 46.8 Å². The SMILES string of the molecule is NC(=O)Oc1nc(-c2c(Cl)cccc2Cl)oc1Nc1ccc(C(=O)N[C@H]2CCCNC2)cc1. The number of carbonyl (C=O) groups excluding carboxylic acids is 2. The summed E-state index contributed by atoms with van der Waals surface area (Å²) in [5, 5.41) is 9.87. The molecule has 1 aliphatic rings. The van der Waals surface area contributed by atoms with E-state index in [2.05, 4.69) is 20.9 Å². The highest BCUT2D eigenvalue weighted by Gasteiger charge is 2.22. The van der Waals surface area contributed by atoms with Crippen LogP contribution in [0.3, 0.4) is 0 Å². The van der Waals surface area contributed by atoms with Crippen LogP contribution in [0.15, 0.2) is 46.9 Å². The van der Waals surface area contributed by atoms with Crippen LogP contribution in [-0.4, -0.2) is 36.1 Å². The lowest BCUT2D eigenvalue weighted by Crippen LogP contribution is -2.45. The minimum absolute atomic E-state index is 0.0188. The Bertz CT molecular complexity index is 1140. The Morgan fingerprint density at radius 3 is 2.52 bits per heavy atom. The van der Waals surface area contributed by atoms with Gasteiger partial charge in [-0.15, -0.1) is 0 Å². The summed E-state index contributed by atoms with van der Waals surface area (Å²) in [5.41, 5.74) is 6.57. The number of oxazole rings is 1. The molecule has 1 aromatic heterocycles. The average Bonchev–Trinajstić information content (AvgIpc) is 3.15. The summed E-state index contributed by atoms with van der Waals surface area (Å²) in [4.78, 5) is 28.0. The van der Waals surface area contributed by atoms with Crippen molar-refractivity contribution in [2.75, 3.05) is 18.4 Å². The number of ether oxygens (including phenoxy) is 1. The number of carbonyl (C=O) groups is 2. The highest BCUT2D eigenvalue weighted by atomic mass is 35.5. The van der Waals surface area contributed by atoms with E-state index in [4.69, 9.17) is 38.1 Å². The number of rotatable bonds is 6. The van der Waals surface area contributed by atoms with Gasteiger partial charge in [-0.2, -0.15) is 4.98 Å². The minimum Gasteiger partial charge on any atom is -0.416 e. The zero-order chi connectivity index (χ0) is 23.4. The molecular weight excluding hydrogens is 469 g/mol. The van der Waals surface area contributed by atoms with E-state index in [0.29, 0.717) is 26.9 Å².